The third-order valence-corrected chi connectivity index (χ3v) is 6.53. The molecule has 3 heteroatoms. The van der Waals surface area contributed by atoms with E-state index in [0.717, 1.165) is 24.6 Å². The van der Waals surface area contributed by atoms with Crippen molar-refractivity contribution in [2.75, 3.05) is 7.11 Å². The molecule has 0 aliphatic heterocycles. The molecule has 0 bridgehead atoms. The third kappa shape index (κ3) is 5.64. The Kier molecular flexibility index (Phi) is 7.95. The van der Waals surface area contributed by atoms with E-state index in [0.29, 0.717) is 16.5 Å². The molecule has 0 aliphatic carbocycles. The van der Waals surface area contributed by atoms with E-state index >= 15 is 4.39 Å². The minimum atomic E-state index is -0.501. The van der Waals surface area contributed by atoms with Crippen LogP contribution in [0, 0.1) is 11.6 Å². The average molecular weight is 459 g/mol. The first kappa shape index (κ1) is 23.9. The first-order valence-corrected chi connectivity index (χ1v) is 12.2. The van der Waals surface area contributed by atoms with Crippen LogP contribution in [0.25, 0.3) is 21.9 Å². The smallest absolute Gasteiger partial charge is 0.165 e. The number of hydrogen-bond acceptors (Lipinski definition) is 1. The topological polar surface area (TPSA) is 9.23 Å². The van der Waals surface area contributed by atoms with Gasteiger partial charge in [0.05, 0.1) is 7.11 Å². The van der Waals surface area contributed by atoms with Gasteiger partial charge in [-0.05, 0) is 65.5 Å². The summed E-state index contributed by atoms with van der Waals surface area (Å²) in [6, 6.07) is 23.0. The lowest BCUT2D eigenvalue weighted by atomic mass is 9.96. The fourth-order valence-electron chi connectivity index (χ4n) is 4.47. The van der Waals surface area contributed by atoms with Gasteiger partial charge in [-0.25, -0.2) is 8.78 Å². The number of fused-ring (bicyclic) bond motifs is 1. The van der Waals surface area contributed by atoms with Crippen molar-refractivity contribution >= 4 is 10.8 Å². The number of rotatable bonds is 10. The monoisotopic (exact) mass is 458 g/mol. The zero-order chi connectivity index (χ0) is 23.9. The van der Waals surface area contributed by atoms with Crippen LogP contribution < -0.4 is 4.74 Å². The van der Waals surface area contributed by atoms with Gasteiger partial charge in [-0.15, -0.1) is 0 Å². The van der Waals surface area contributed by atoms with Crippen molar-refractivity contribution in [2.45, 2.75) is 51.9 Å². The number of aryl methyl sites for hydroxylation is 3. The fourth-order valence-corrected chi connectivity index (χ4v) is 4.47. The van der Waals surface area contributed by atoms with Crippen LogP contribution in [-0.4, -0.2) is 7.11 Å². The summed E-state index contributed by atoms with van der Waals surface area (Å²) in [4.78, 5) is 0. The van der Waals surface area contributed by atoms with Crippen molar-refractivity contribution in [1.29, 1.82) is 0 Å². The molecule has 4 aromatic rings. The maximum atomic E-state index is 15.3. The Morgan fingerprint density at radius 1 is 0.676 bits per heavy atom. The lowest BCUT2D eigenvalue weighted by Gasteiger charge is -2.10. The minimum Gasteiger partial charge on any atom is -0.494 e. The fraction of sp³-hybridized carbons (Fsp3) is 0.290. The van der Waals surface area contributed by atoms with E-state index in [1.807, 2.05) is 18.2 Å². The second-order valence-corrected chi connectivity index (χ2v) is 8.96. The molecular weight excluding hydrogens is 426 g/mol. The molecule has 0 saturated heterocycles. The molecular formula is C31H32F2O. The highest BCUT2D eigenvalue weighted by atomic mass is 19.1. The standard InChI is InChI=1S/C31H32F2O/c1-3-4-5-6-7-22-8-10-23(11-9-22)12-13-24-14-17-27-25(20-24)15-18-28(31(27)33)26-16-19-30(34-2)29(32)21-26/h8-11,14-21H,3-7,12-13H2,1-2H3. The molecule has 4 rings (SSSR count). The molecule has 0 fully saturated rings. The molecule has 0 aromatic heterocycles. The van der Waals surface area contributed by atoms with Crippen LogP contribution in [0.3, 0.4) is 0 Å². The van der Waals surface area contributed by atoms with Crippen molar-refractivity contribution in [3.63, 3.8) is 0 Å². The van der Waals surface area contributed by atoms with Gasteiger partial charge in [-0.1, -0.05) is 86.8 Å². The second kappa shape index (κ2) is 11.3. The highest BCUT2D eigenvalue weighted by Gasteiger charge is 2.12. The van der Waals surface area contributed by atoms with Gasteiger partial charge in [0.1, 0.15) is 5.82 Å². The molecule has 176 valence electrons. The van der Waals surface area contributed by atoms with Gasteiger partial charge in [0.2, 0.25) is 0 Å². The van der Waals surface area contributed by atoms with Crippen LogP contribution in [0.15, 0.2) is 72.8 Å². The second-order valence-electron chi connectivity index (χ2n) is 8.96. The van der Waals surface area contributed by atoms with E-state index in [9.17, 15) is 4.39 Å². The van der Waals surface area contributed by atoms with Gasteiger partial charge < -0.3 is 4.74 Å². The average Bonchev–Trinajstić information content (AvgIpc) is 2.86. The number of unbranched alkanes of at least 4 members (excludes halogenated alkanes) is 3. The molecule has 0 atom stereocenters. The molecule has 0 N–H and O–H groups in total. The quantitative estimate of drug-likeness (QED) is 0.216. The Morgan fingerprint density at radius 2 is 1.38 bits per heavy atom. The highest BCUT2D eigenvalue weighted by Crippen LogP contribution is 2.32. The summed E-state index contributed by atoms with van der Waals surface area (Å²) >= 11 is 0. The number of hydrogen-bond donors (Lipinski definition) is 0. The molecule has 0 saturated carbocycles. The van der Waals surface area contributed by atoms with E-state index in [-0.39, 0.29) is 11.6 Å². The number of methoxy groups -OCH3 is 1. The van der Waals surface area contributed by atoms with Crippen molar-refractivity contribution in [2.24, 2.45) is 0 Å². The largest absolute Gasteiger partial charge is 0.494 e. The zero-order valence-corrected chi connectivity index (χ0v) is 20.0. The predicted octanol–water partition coefficient (Wildman–Crippen LogP) is 8.70. The van der Waals surface area contributed by atoms with Crippen LogP contribution in [0.5, 0.6) is 5.75 Å². The summed E-state index contributed by atoms with van der Waals surface area (Å²) in [6.45, 7) is 2.24. The SMILES string of the molecule is CCCCCCc1ccc(CCc2ccc3c(F)c(-c4ccc(OC)c(F)c4)ccc3c2)cc1. The van der Waals surface area contributed by atoms with Crippen LogP contribution in [-0.2, 0) is 19.3 Å². The molecule has 0 heterocycles. The van der Waals surface area contributed by atoms with Gasteiger partial charge in [-0.2, -0.15) is 0 Å². The van der Waals surface area contributed by atoms with E-state index in [2.05, 4.69) is 37.3 Å². The van der Waals surface area contributed by atoms with Gasteiger partial charge in [0.15, 0.2) is 11.6 Å². The Hall–Kier alpha value is -3.20. The highest BCUT2D eigenvalue weighted by molar-refractivity contribution is 5.88. The molecule has 1 nitrogen and oxygen atoms in total. The maximum absolute atomic E-state index is 15.3. The zero-order valence-electron chi connectivity index (χ0n) is 20.0. The summed E-state index contributed by atoms with van der Waals surface area (Å²) < 4.78 is 34.3. The van der Waals surface area contributed by atoms with Crippen molar-refractivity contribution < 1.29 is 13.5 Å². The molecule has 0 spiro atoms. The van der Waals surface area contributed by atoms with Crippen molar-refractivity contribution in [1.82, 2.24) is 0 Å². The number of halogens is 2. The Labute approximate surface area is 201 Å². The molecule has 34 heavy (non-hydrogen) atoms. The normalized spacial score (nSPS) is 11.2. The summed E-state index contributed by atoms with van der Waals surface area (Å²) in [6.07, 6.45) is 8.16. The number of ether oxygens (including phenoxy) is 1. The molecule has 0 unspecified atom stereocenters. The third-order valence-electron chi connectivity index (χ3n) is 6.53. The molecule has 0 amide bonds. The minimum absolute atomic E-state index is 0.149. The predicted molar refractivity (Wildman–Crippen MR) is 138 cm³/mol. The number of benzene rings is 4. The van der Waals surface area contributed by atoms with E-state index in [1.165, 1.54) is 61.6 Å². The summed E-state index contributed by atoms with van der Waals surface area (Å²) in [5.41, 5.74) is 4.79. The van der Waals surface area contributed by atoms with Crippen LogP contribution in [0.2, 0.25) is 0 Å². The van der Waals surface area contributed by atoms with Crippen molar-refractivity contribution in [3.8, 4) is 16.9 Å². The molecule has 0 aliphatic rings. The van der Waals surface area contributed by atoms with Crippen molar-refractivity contribution in [3.05, 3.63) is 101 Å². The lowest BCUT2D eigenvalue weighted by Crippen LogP contribution is -1.94. The molecule has 0 radical (unpaired) electrons. The van der Waals surface area contributed by atoms with Gasteiger partial charge >= 0.3 is 0 Å². The first-order chi connectivity index (χ1) is 16.6. The Bertz CT molecular complexity index is 1240. The van der Waals surface area contributed by atoms with E-state index in [1.54, 1.807) is 12.1 Å². The maximum Gasteiger partial charge on any atom is 0.165 e. The van der Waals surface area contributed by atoms with Crippen LogP contribution in [0.4, 0.5) is 8.78 Å². The van der Waals surface area contributed by atoms with E-state index in [4.69, 9.17) is 4.74 Å². The van der Waals surface area contributed by atoms with E-state index < -0.39 is 5.82 Å². The lowest BCUT2D eigenvalue weighted by molar-refractivity contribution is 0.386. The van der Waals surface area contributed by atoms with Gasteiger partial charge in [0, 0.05) is 10.9 Å². The summed E-state index contributed by atoms with van der Waals surface area (Å²) in [5, 5.41) is 1.40. The van der Waals surface area contributed by atoms with Crippen LogP contribution >= 0.6 is 0 Å². The summed E-state index contributed by atoms with van der Waals surface area (Å²) in [7, 11) is 1.41. The Balaban J connectivity index is 1.44. The Morgan fingerprint density at radius 3 is 2.09 bits per heavy atom. The first-order valence-electron chi connectivity index (χ1n) is 12.2. The van der Waals surface area contributed by atoms with Crippen LogP contribution in [0.1, 0.15) is 49.3 Å². The summed E-state index contributed by atoms with van der Waals surface area (Å²) in [5.74, 6) is -0.682. The van der Waals surface area contributed by atoms with Gasteiger partial charge in [-0.3, -0.25) is 0 Å². The molecule has 4 aromatic carbocycles. The van der Waals surface area contributed by atoms with Gasteiger partial charge in [0.25, 0.3) is 0 Å².